The highest BCUT2D eigenvalue weighted by molar-refractivity contribution is 7.99. The molecule has 1 N–H and O–H groups in total. The molecule has 3 aromatic rings. The molecule has 0 atom stereocenters. The molecule has 0 bridgehead atoms. The van der Waals surface area contributed by atoms with Gasteiger partial charge in [0, 0.05) is 12.1 Å². The molecule has 0 unspecified atom stereocenters. The summed E-state index contributed by atoms with van der Waals surface area (Å²) in [5, 5.41) is 13.3. The lowest BCUT2D eigenvalue weighted by atomic mass is 9.87. The smallest absolute Gasteiger partial charge is 0.250 e. The van der Waals surface area contributed by atoms with Gasteiger partial charge in [0.1, 0.15) is 5.75 Å². The fourth-order valence-corrected chi connectivity index (χ4v) is 3.84. The number of hydrogen-bond donors (Lipinski definition) is 1. The van der Waals surface area contributed by atoms with E-state index in [0.29, 0.717) is 11.7 Å². The second kappa shape index (κ2) is 10.5. The van der Waals surface area contributed by atoms with Gasteiger partial charge in [0.15, 0.2) is 11.0 Å². The van der Waals surface area contributed by atoms with Crippen LogP contribution in [0.5, 0.6) is 5.75 Å². The Kier molecular flexibility index (Phi) is 7.69. The molecule has 7 nitrogen and oxygen atoms in total. The van der Waals surface area contributed by atoms with Crippen LogP contribution in [0.25, 0.3) is 11.4 Å². The predicted molar refractivity (Wildman–Crippen MR) is 129 cm³/mol. The number of nitrogens with one attached hydrogen (secondary N) is 1. The lowest BCUT2D eigenvalue weighted by Gasteiger charge is -2.18. The van der Waals surface area contributed by atoms with Crippen molar-refractivity contribution in [2.75, 3.05) is 12.9 Å². The zero-order valence-corrected chi connectivity index (χ0v) is 19.9. The van der Waals surface area contributed by atoms with Crippen LogP contribution in [0.1, 0.15) is 38.8 Å². The molecule has 32 heavy (non-hydrogen) atoms. The first kappa shape index (κ1) is 23.5. The number of amides is 1. The molecule has 0 aliphatic carbocycles. The third-order valence-electron chi connectivity index (χ3n) is 4.89. The van der Waals surface area contributed by atoms with E-state index in [0.717, 1.165) is 22.7 Å². The highest BCUT2D eigenvalue weighted by Crippen LogP contribution is 2.25. The third-order valence-corrected chi connectivity index (χ3v) is 5.86. The van der Waals surface area contributed by atoms with Gasteiger partial charge >= 0.3 is 0 Å². The zero-order chi connectivity index (χ0) is 23.1. The first-order valence-electron chi connectivity index (χ1n) is 10.4. The van der Waals surface area contributed by atoms with Crippen molar-refractivity contribution in [2.45, 2.75) is 44.8 Å². The summed E-state index contributed by atoms with van der Waals surface area (Å²) < 4.78 is 7.19. The maximum absolute atomic E-state index is 12.2. The van der Waals surface area contributed by atoms with Gasteiger partial charge in [-0.25, -0.2) is 5.43 Å². The molecule has 0 saturated carbocycles. The zero-order valence-electron chi connectivity index (χ0n) is 19.1. The summed E-state index contributed by atoms with van der Waals surface area (Å²) in [5.41, 5.74) is 5.81. The van der Waals surface area contributed by atoms with Crippen LogP contribution >= 0.6 is 11.8 Å². The Morgan fingerprint density at radius 2 is 1.81 bits per heavy atom. The lowest BCUT2D eigenvalue weighted by molar-refractivity contribution is -0.118. The predicted octanol–water partition coefficient (Wildman–Crippen LogP) is 4.51. The molecule has 0 aliphatic rings. The molecular formula is C24H29N5O2S. The van der Waals surface area contributed by atoms with Gasteiger partial charge < -0.3 is 9.30 Å². The summed E-state index contributed by atoms with van der Waals surface area (Å²) in [4.78, 5) is 12.2. The van der Waals surface area contributed by atoms with Gasteiger partial charge in [-0.1, -0.05) is 56.8 Å². The van der Waals surface area contributed by atoms with Gasteiger partial charge in [0.05, 0.1) is 19.1 Å². The van der Waals surface area contributed by atoms with E-state index in [-0.39, 0.29) is 17.1 Å². The fourth-order valence-electron chi connectivity index (χ4n) is 3.04. The molecule has 3 rings (SSSR count). The maximum Gasteiger partial charge on any atom is 0.250 e. The third kappa shape index (κ3) is 5.97. The summed E-state index contributed by atoms with van der Waals surface area (Å²) >= 11 is 1.33. The van der Waals surface area contributed by atoms with Crippen molar-refractivity contribution in [3.8, 4) is 17.1 Å². The van der Waals surface area contributed by atoms with Crippen LogP contribution in [0.4, 0.5) is 0 Å². The van der Waals surface area contributed by atoms with E-state index in [2.05, 4.69) is 53.6 Å². The molecule has 1 amide bonds. The fraction of sp³-hybridized carbons (Fsp3) is 0.333. The largest absolute Gasteiger partial charge is 0.497 e. The molecule has 1 heterocycles. The van der Waals surface area contributed by atoms with E-state index < -0.39 is 0 Å². The van der Waals surface area contributed by atoms with Gasteiger partial charge in [0.2, 0.25) is 0 Å². The quantitative estimate of drug-likeness (QED) is 0.309. The number of hydrazone groups is 1. The number of nitrogens with zero attached hydrogens (tertiary/aromatic N) is 4. The van der Waals surface area contributed by atoms with Crippen molar-refractivity contribution >= 4 is 23.9 Å². The van der Waals surface area contributed by atoms with Gasteiger partial charge in [0.25, 0.3) is 5.91 Å². The molecule has 8 heteroatoms. The summed E-state index contributed by atoms with van der Waals surface area (Å²) in [7, 11) is 1.63. The van der Waals surface area contributed by atoms with Crippen molar-refractivity contribution in [1.29, 1.82) is 0 Å². The molecule has 0 spiro atoms. The average Bonchev–Trinajstić information content (AvgIpc) is 3.20. The number of aromatic nitrogens is 3. The van der Waals surface area contributed by atoms with E-state index in [1.54, 1.807) is 13.3 Å². The van der Waals surface area contributed by atoms with Crippen LogP contribution in [0.3, 0.4) is 0 Å². The molecule has 0 saturated heterocycles. The van der Waals surface area contributed by atoms with Gasteiger partial charge in [-0.05, 0) is 47.7 Å². The second-order valence-corrected chi connectivity index (χ2v) is 9.18. The monoisotopic (exact) mass is 451 g/mol. The summed E-state index contributed by atoms with van der Waals surface area (Å²) in [6.45, 7) is 9.24. The molecule has 1 aromatic heterocycles. The highest BCUT2D eigenvalue weighted by atomic mass is 32.2. The number of hydrogen-bond acceptors (Lipinski definition) is 6. The number of rotatable bonds is 8. The molecule has 0 radical (unpaired) electrons. The lowest BCUT2D eigenvalue weighted by Crippen LogP contribution is -2.20. The topological polar surface area (TPSA) is 81.4 Å². The van der Waals surface area contributed by atoms with E-state index >= 15 is 0 Å². The average molecular weight is 452 g/mol. The van der Waals surface area contributed by atoms with Crippen LogP contribution in [0, 0.1) is 0 Å². The molecular weight excluding hydrogens is 422 g/mol. The minimum atomic E-state index is -0.200. The number of benzene rings is 2. The van der Waals surface area contributed by atoms with Crippen LogP contribution in [0.15, 0.2) is 58.8 Å². The Hall–Kier alpha value is -3.13. The first-order valence-corrected chi connectivity index (χ1v) is 11.4. The molecule has 0 aliphatic heterocycles. The van der Waals surface area contributed by atoms with E-state index in [1.165, 1.54) is 17.3 Å². The summed E-state index contributed by atoms with van der Waals surface area (Å²) in [5.74, 6) is 1.54. The normalized spacial score (nSPS) is 11.7. The van der Waals surface area contributed by atoms with Gasteiger partial charge in [-0.15, -0.1) is 10.2 Å². The van der Waals surface area contributed by atoms with E-state index in [9.17, 15) is 4.79 Å². The van der Waals surface area contributed by atoms with Crippen LogP contribution < -0.4 is 10.2 Å². The summed E-state index contributed by atoms with van der Waals surface area (Å²) in [6.07, 6.45) is 1.64. The van der Waals surface area contributed by atoms with E-state index in [1.807, 2.05) is 47.9 Å². The van der Waals surface area contributed by atoms with Crippen molar-refractivity contribution in [2.24, 2.45) is 5.10 Å². The molecule has 0 fully saturated rings. The minimum Gasteiger partial charge on any atom is -0.497 e. The standard InChI is InChI=1S/C24H29N5O2S/c1-6-29-22(18-9-13-20(31-5)14-10-18)27-28-23(29)32-16-21(30)26-25-15-17-7-11-19(12-8-17)24(2,3)4/h7-15H,6,16H2,1-5H3,(H,26,30)/b25-15+. The molecule has 2 aromatic carbocycles. The maximum atomic E-state index is 12.2. The molecule has 168 valence electrons. The number of methoxy groups -OCH3 is 1. The van der Waals surface area contributed by atoms with Crippen LogP contribution in [-0.4, -0.2) is 39.7 Å². The SMILES string of the molecule is CCn1c(SCC(=O)N/N=C/c2ccc(C(C)(C)C)cc2)nnc1-c1ccc(OC)cc1. The first-order chi connectivity index (χ1) is 15.3. The second-order valence-electron chi connectivity index (χ2n) is 8.23. The number of thioether (sulfide) groups is 1. The van der Waals surface area contributed by atoms with Gasteiger partial charge in [-0.3, -0.25) is 4.79 Å². The Balaban J connectivity index is 1.56. The Morgan fingerprint density at radius 3 is 2.41 bits per heavy atom. The number of carbonyl (C=O) groups is 1. The number of carbonyl (C=O) groups excluding carboxylic acids is 1. The van der Waals surface area contributed by atoms with Crippen LogP contribution in [0.2, 0.25) is 0 Å². The van der Waals surface area contributed by atoms with Crippen LogP contribution in [-0.2, 0) is 16.8 Å². The van der Waals surface area contributed by atoms with Gasteiger partial charge in [-0.2, -0.15) is 5.10 Å². The highest BCUT2D eigenvalue weighted by Gasteiger charge is 2.15. The van der Waals surface area contributed by atoms with E-state index in [4.69, 9.17) is 4.74 Å². The van der Waals surface area contributed by atoms with Crippen molar-refractivity contribution in [3.63, 3.8) is 0 Å². The van der Waals surface area contributed by atoms with Crippen molar-refractivity contribution in [1.82, 2.24) is 20.2 Å². The Morgan fingerprint density at radius 1 is 1.12 bits per heavy atom. The Labute approximate surface area is 193 Å². The van der Waals surface area contributed by atoms with Crippen molar-refractivity contribution < 1.29 is 9.53 Å². The Bertz CT molecular complexity index is 1070. The number of ether oxygens (including phenoxy) is 1. The minimum absolute atomic E-state index is 0.105. The summed E-state index contributed by atoms with van der Waals surface area (Å²) in [6, 6.07) is 15.8. The van der Waals surface area contributed by atoms with Crippen molar-refractivity contribution in [3.05, 3.63) is 59.7 Å².